The third-order valence-corrected chi connectivity index (χ3v) is 11.7. The summed E-state index contributed by atoms with van der Waals surface area (Å²) in [6, 6.07) is 11.4. The van der Waals surface area contributed by atoms with Crippen LogP contribution in [0.25, 0.3) is 0 Å². The maximum Gasteiger partial charge on any atom is 0.294 e. The lowest BCUT2D eigenvalue weighted by Crippen LogP contribution is -2.28. The number of aryl methyl sites for hydroxylation is 1. The SMILES string of the molecule is C=CS(=O)(=O)CCCC(=O)CCCCC[N+]1=C(C=CC=C2N(CC)c3ccc(C)cc3C2(C)C)C(C)(C)c2cc(S(=O)(=O)O)ccc21. The van der Waals surface area contributed by atoms with E-state index in [9.17, 15) is 26.2 Å². The number of likely N-dealkylation sites (N-methyl/N-ethyl adjacent to an activating group) is 1. The number of fused-ring (bicyclic) bond motifs is 2. The highest BCUT2D eigenvalue weighted by molar-refractivity contribution is 7.94. The van der Waals surface area contributed by atoms with Gasteiger partial charge in [-0.05, 0) is 76.8 Å². The smallest absolute Gasteiger partial charge is 0.294 e. The normalized spacial score (nSPS) is 17.9. The molecule has 0 fully saturated rings. The summed E-state index contributed by atoms with van der Waals surface area (Å²) < 4.78 is 59.3. The van der Waals surface area contributed by atoms with Crippen LogP contribution in [0.5, 0.6) is 0 Å². The maximum atomic E-state index is 12.3. The van der Waals surface area contributed by atoms with E-state index in [1.807, 2.05) is 0 Å². The number of hydrogen-bond acceptors (Lipinski definition) is 6. The van der Waals surface area contributed by atoms with E-state index in [-0.39, 0.29) is 28.3 Å². The van der Waals surface area contributed by atoms with Gasteiger partial charge in [0.05, 0.1) is 16.1 Å². The van der Waals surface area contributed by atoms with E-state index in [0.717, 1.165) is 41.8 Å². The van der Waals surface area contributed by atoms with Crippen LogP contribution < -0.4 is 4.90 Å². The second-order valence-electron chi connectivity index (χ2n) is 13.6. The molecule has 0 amide bonds. The summed E-state index contributed by atoms with van der Waals surface area (Å²) in [6.45, 7) is 17.7. The van der Waals surface area contributed by atoms with Gasteiger partial charge >= 0.3 is 0 Å². The minimum absolute atomic E-state index is 0.0604. The molecule has 2 aliphatic heterocycles. The van der Waals surface area contributed by atoms with Gasteiger partial charge in [-0.25, -0.2) is 8.42 Å². The lowest BCUT2D eigenvalue weighted by molar-refractivity contribution is -0.438. The fourth-order valence-electron chi connectivity index (χ4n) is 6.86. The van der Waals surface area contributed by atoms with Gasteiger partial charge in [0, 0.05) is 65.7 Å². The first-order valence-corrected chi connectivity index (χ1v) is 19.5. The van der Waals surface area contributed by atoms with Crippen LogP contribution in [0.4, 0.5) is 11.4 Å². The van der Waals surface area contributed by atoms with Crippen molar-refractivity contribution in [3.8, 4) is 0 Å². The van der Waals surface area contributed by atoms with Crippen molar-refractivity contribution in [2.45, 2.75) is 95.8 Å². The summed E-state index contributed by atoms with van der Waals surface area (Å²) in [7, 11) is -7.66. The van der Waals surface area contributed by atoms with Gasteiger partial charge in [0.1, 0.15) is 12.3 Å². The number of rotatable bonds is 15. The first-order valence-electron chi connectivity index (χ1n) is 16.4. The monoisotopic (exact) mass is 681 g/mol. The molecule has 254 valence electrons. The minimum Gasteiger partial charge on any atom is -0.344 e. The van der Waals surface area contributed by atoms with Crippen molar-refractivity contribution in [1.82, 2.24) is 0 Å². The number of ketones is 1. The van der Waals surface area contributed by atoms with E-state index < -0.39 is 25.4 Å². The molecule has 1 N–H and O–H groups in total. The summed E-state index contributed by atoms with van der Waals surface area (Å²) in [4.78, 5) is 14.6. The molecule has 8 nitrogen and oxygen atoms in total. The summed E-state index contributed by atoms with van der Waals surface area (Å²) in [6.07, 6.45) is 9.65. The molecular formula is C37H49N2O6S2+. The molecule has 2 aromatic rings. The topological polar surface area (TPSA) is 112 Å². The predicted molar refractivity (Wildman–Crippen MR) is 190 cm³/mol. The molecule has 2 heterocycles. The van der Waals surface area contributed by atoms with E-state index >= 15 is 0 Å². The number of nitrogens with zero attached hydrogens (tertiary/aromatic N) is 2. The number of allylic oxidation sites excluding steroid dienone is 4. The van der Waals surface area contributed by atoms with Gasteiger partial charge in [-0.1, -0.05) is 44.2 Å². The first-order chi connectivity index (χ1) is 21.9. The Morgan fingerprint density at radius 3 is 2.30 bits per heavy atom. The zero-order valence-electron chi connectivity index (χ0n) is 28.5. The van der Waals surface area contributed by atoms with E-state index in [4.69, 9.17) is 0 Å². The molecule has 0 aliphatic carbocycles. The fraction of sp³-hybridized carbons (Fsp3) is 0.459. The van der Waals surface area contributed by atoms with Crippen LogP contribution in [0.15, 0.2) is 77.2 Å². The molecular weight excluding hydrogens is 633 g/mol. The van der Waals surface area contributed by atoms with Gasteiger partial charge in [0.25, 0.3) is 10.1 Å². The molecule has 0 saturated heterocycles. The average molecular weight is 682 g/mol. The number of unbranched alkanes of at least 4 members (excludes halogenated alkanes) is 2. The Morgan fingerprint density at radius 2 is 1.64 bits per heavy atom. The molecule has 2 aromatic carbocycles. The van der Waals surface area contributed by atoms with Gasteiger partial charge in [-0.3, -0.25) is 9.35 Å². The Balaban J connectivity index is 1.57. The van der Waals surface area contributed by atoms with Gasteiger partial charge in [-0.2, -0.15) is 13.0 Å². The number of hydrogen-bond donors (Lipinski definition) is 1. The lowest BCUT2D eigenvalue weighted by Gasteiger charge is -2.25. The number of carbonyl (C=O) groups is 1. The van der Waals surface area contributed by atoms with Crippen LogP contribution in [0.2, 0.25) is 0 Å². The summed E-state index contributed by atoms with van der Waals surface area (Å²) in [5, 5.41) is 0.936. The van der Waals surface area contributed by atoms with Crippen molar-refractivity contribution in [2.75, 3.05) is 23.7 Å². The summed E-state index contributed by atoms with van der Waals surface area (Å²) in [5.41, 5.74) is 6.99. The molecule has 47 heavy (non-hydrogen) atoms. The zero-order valence-corrected chi connectivity index (χ0v) is 30.2. The van der Waals surface area contributed by atoms with Crippen LogP contribution in [-0.2, 0) is 35.6 Å². The Labute approximate surface area is 281 Å². The van der Waals surface area contributed by atoms with E-state index in [2.05, 4.69) is 94.0 Å². The molecule has 0 spiro atoms. The molecule has 0 aromatic heterocycles. The zero-order chi connectivity index (χ0) is 34.8. The highest BCUT2D eigenvalue weighted by Crippen LogP contribution is 2.48. The number of Topliss-reactive ketones (excluding diaryl/α,β-unsaturated/α-hetero) is 1. The van der Waals surface area contributed by atoms with Crippen molar-refractivity contribution in [2.24, 2.45) is 0 Å². The average Bonchev–Trinajstić information content (AvgIpc) is 3.34. The van der Waals surface area contributed by atoms with Gasteiger partial charge in [-0.15, -0.1) is 0 Å². The van der Waals surface area contributed by atoms with Crippen LogP contribution in [0.1, 0.15) is 89.8 Å². The number of carbonyl (C=O) groups excluding carboxylic acids is 1. The maximum absolute atomic E-state index is 12.3. The minimum atomic E-state index is -4.37. The highest BCUT2D eigenvalue weighted by Gasteiger charge is 2.45. The van der Waals surface area contributed by atoms with E-state index in [1.165, 1.54) is 28.6 Å². The van der Waals surface area contributed by atoms with Crippen molar-refractivity contribution in [1.29, 1.82) is 0 Å². The number of benzene rings is 2. The standard InChI is InChI=1S/C37H48N2O6S2/c1-8-38-32-21-19-27(3)25-30(32)36(4,5)34(38)17-13-18-35-37(6,7)31-26-29(47(43,44)45)20-22-33(31)39(35)23-12-10-11-15-28(40)16-14-24-46(41,42)9-2/h9,13,17-22,25-26H,2,8,10-12,14-16,23-24H2,1,3-7H3/p+1. The Morgan fingerprint density at radius 1 is 0.936 bits per heavy atom. The van der Waals surface area contributed by atoms with Crippen LogP contribution in [0, 0.1) is 6.92 Å². The molecule has 0 atom stereocenters. The van der Waals surface area contributed by atoms with Gasteiger partial charge in [0.15, 0.2) is 15.5 Å². The fourth-order valence-corrected chi connectivity index (χ4v) is 8.08. The Hall–Kier alpha value is -3.34. The van der Waals surface area contributed by atoms with Gasteiger partial charge in [0.2, 0.25) is 5.69 Å². The van der Waals surface area contributed by atoms with E-state index in [1.54, 1.807) is 12.1 Å². The molecule has 10 heteroatoms. The van der Waals surface area contributed by atoms with E-state index in [0.29, 0.717) is 25.8 Å². The number of anilines is 1. The highest BCUT2D eigenvalue weighted by atomic mass is 32.2. The quantitative estimate of drug-likeness (QED) is 0.119. The third-order valence-electron chi connectivity index (χ3n) is 9.51. The molecule has 0 saturated carbocycles. The molecule has 0 unspecified atom stereocenters. The molecule has 0 radical (unpaired) electrons. The van der Waals surface area contributed by atoms with Crippen LogP contribution in [-0.4, -0.2) is 56.3 Å². The van der Waals surface area contributed by atoms with Crippen molar-refractivity contribution >= 4 is 42.8 Å². The largest absolute Gasteiger partial charge is 0.344 e. The molecule has 0 bridgehead atoms. The second kappa shape index (κ2) is 14.0. The Kier molecular flexibility index (Phi) is 10.9. The molecule has 2 aliphatic rings. The first kappa shape index (κ1) is 36.5. The molecule has 4 rings (SSSR count). The van der Waals surface area contributed by atoms with Crippen molar-refractivity contribution in [3.05, 3.63) is 89.0 Å². The van der Waals surface area contributed by atoms with Crippen molar-refractivity contribution < 1.29 is 30.8 Å². The van der Waals surface area contributed by atoms with Crippen LogP contribution in [0.3, 0.4) is 0 Å². The number of sulfone groups is 1. The van der Waals surface area contributed by atoms with Gasteiger partial charge < -0.3 is 4.90 Å². The van der Waals surface area contributed by atoms with Crippen LogP contribution >= 0.6 is 0 Å². The summed E-state index contributed by atoms with van der Waals surface area (Å²) in [5.74, 6) is 0.000812. The Bertz CT molecular complexity index is 1870. The lowest BCUT2D eigenvalue weighted by atomic mass is 9.81. The second-order valence-corrected chi connectivity index (χ2v) is 17.1. The van der Waals surface area contributed by atoms with Crippen molar-refractivity contribution in [3.63, 3.8) is 0 Å². The summed E-state index contributed by atoms with van der Waals surface area (Å²) >= 11 is 0. The predicted octanol–water partition coefficient (Wildman–Crippen LogP) is 7.34. The third kappa shape index (κ3) is 7.87.